The lowest BCUT2D eigenvalue weighted by molar-refractivity contribution is -0.219. The maximum atomic E-state index is 11.9. The lowest BCUT2D eigenvalue weighted by atomic mass is 9.74. The second kappa shape index (κ2) is 2.64. The van der Waals surface area contributed by atoms with Gasteiger partial charge in [-0.15, -0.1) is 6.58 Å². The van der Waals surface area contributed by atoms with Crippen molar-refractivity contribution in [2.45, 2.75) is 32.0 Å². The standard InChI is InChI=1S/C12H16O3/c1-3-4-14-12-7-8-5-9(12)11(2,6-8)10(13)15-12/h3,8-9H,1,4-7H2,2H3. The van der Waals surface area contributed by atoms with Gasteiger partial charge in [0, 0.05) is 12.3 Å². The van der Waals surface area contributed by atoms with Crippen molar-refractivity contribution in [3.8, 4) is 0 Å². The van der Waals surface area contributed by atoms with Gasteiger partial charge in [-0.1, -0.05) is 6.08 Å². The van der Waals surface area contributed by atoms with Gasteiger partial charge in [0.15, 0.2) is 0 Å². The van der Waals surface area contributed by atoms with Crippen LogP contribution in [-0.4, -0.2) is 18.4 Å². The van der Waals surface area contributed by atoms with Crippen LogP contribution in [0.3, 0.4) is 0 Å². The molecule has 3 nitrogen and oxygen atoms in total. The molecule has 0 aromatic heterocycles. The van der Waals surface area contributed by atoms with E-state index >= 15 is 0 Å². The summed E-state index contributed by atoms with van der Waals surface area (Å²) in [6.07, 6.45) is 4.66. The van der Waals surface area contributed by atoms with Gasteiger partial charge in [-0.05, 0) is 25.7 Å². The minimum absolute atomic E-state index is 0.0587. The van der Waals surface area contributed by atoms with E-state index in [0.717, 1.165) is 19.3 Å². The summed E-state index contributed by atoms with van der Waals surface area (Å²) in [6.45, 7) is 6.12. The highest BCUT2D eigenvalue weighted by molar-refractivity contribution is 5.81. The fraction of sp³-hybridized carbons (Fsp3) is 0.750. The molecule has 3 fully saturated rings. The molecule has 1 heterocycles. The molecule has 3 heteroatoms. The van der Waals surface area contributed by atoms with Crippen LogP contribution in [0.5, 0.6) is 0 Å². The Morgan fingerprint density at radius 3 is 3.13 bits per heavy atom. The molecule has 0 amide bonds. The number of hydrogen-bond donors (Lipinski definition) is 0. The van der Waals surface area contributed by atoms with E-state index in [0.29, 0.717) is 12.5 Å². The van der Waals surface area contributed by atoms with Gasteiger partial charge < -0.3 is 9.47 Å². The molecule has 4 atom stereocenters. The first-order valence-corrected chi connectivity index (χ1v) is 5.59. The van der Waals surface area contributed by atoms with Crippen LogP contribution in [0.2, 0.25) is 0 Å². The van der Waals surface area contributed by atoms with Crippen molar-refractivity contribution < 1.29 is 14.3 Å². The molecule has 82 valence electrons. The van der Waals surface area contributed by atoms with Gasteiger partial charge in [0.2, 0.25) is 5.79 Å². The van der Waals surface area contributed by atoms with Gasteiger partial charge in [-0.3, -0.25) is 4.79 Å². The van der Waals surface area contributed by atoms with E-state index < -0.39 is 5.79 Å². The maximum Gasteiger partial charge on any atom is 0.314 e. The van der Waals surface area contributed by atoms with E-state index in [9.17, 15) is 4.79 Å². The molecule has 3 aliphatic rings. The minimum atomic E-state index is -0.608. The number of fused-ring (bicyclic) bond motifs is 1. The fourth-order valence-electron chi connectivity index (χ4n) is 3.78. The van der Waals surface area contributed by atoms with Crippen LogP contribution in [-0.2, 0) is 14.3 Å². The van der Waals surface area contributed by atoms with Crippen molar-refractivity contribution in [1.29, 1.82) is 0 Å². The molecule has 4 unspecified atom stereocenters. The summed E-state index contributed by atoms with van der Waals surface area (Å²) in [5, 5.41) is 0. The zero-order chi connectivity index (χ0) is 10.7. The van der Waals surface area contributed by atoms with Crippen LogP contribution < -0.4 is 0 Å². The topological polar surface area (TPSA) is 35.5 Å². The number of carbonyl (C=O) groups is 1. The van der Waals surface area contributed by atoms with Gasteiger partial charge in [-0.2, -0.15) is 0 Å². The van der Waals surface area contributed by atoms with Crippen LogP contribution >= 0.6 is 0 Å². The quantitative estimate of drug-likeness (QED) is 0.524. The molecule has 0 aromatic carbocycles. The molecule has 0 radical (unpaired) electrons. The number of ether oxygens (including phenoxy) is 2. The molecule has 15 heavy (non-hydrogen) atoms. The zero-order valence-electron chi connectivity index (χ0n) is 8.99. The Balaban J connectivity index is 1.94. The smallest absolute Gasteiger partial charge is 0.314 e. The van der Waals surface area contributed by atoms with E-state index in [1.165, 1.54) is 0 Å². The van der Waals surface area contributed by atoms with Crippen molar-refractivity contribution in [3.63, 3.8) is 0 Å². The van der Waals surface area contributed by atoms with Gasteiger partial charge in [-0.25, -0.2) is 0 Å². The van der Waals surface area contributed by atoms with Crippen molar-refractivity contribution in [2.75, 3.05) is 6.61 Å². The first kappa shape index (κ1) is 9.40. The second-order valence-electron chi connectivity index (χ2n) is 5.28. The monoisotopic (exact) mass is 208 g/mol. The average molecular weight is 208 g/mol. The molecule has 0 N–H and O–H groups in total. The molecule has 2 aliphatic carbocycles. The van der Waals surface area contributed by atoms with Crippen molar-refractivity contribution >= 4 is 5.97 Å². The SMILES string of the molecule is C=CCOC12CC3CC1C(C)(C3)C(=O)O2. The van der Waals surface area contributed by atoms with Crippen LogP contribution in [0.1, 0.15) is 26.2 Å². The number of hydrogen-bond acceptors (Lipinski definition) is 3. The third-order valence-electron chi connectivity index (χ3n) is 4.33. The Morgan fingerprint density at radius 2 is 2.47 bits per heavy atom. The van der Waals surface area contributed by atoms with Crippen molar-refractivity contribution in [1.82, 2.24) is 0 Å². The highest BCUT2D eigenvalue weighted by atomic mass is 16.7. The Kier molecular flexibility index (Phi) is 1.66. The molecule has 2 bridgehead atoms. The van der Waals surface area contributed by atoms with Gasteiger partial charge in [0.25, 0.3) is 0 Å². The predicted molar refractivity (Wildman–Crippen MR) is 53.9 cm³/mol. The molecule has 0 spiro atoms. The fourth-order valence-corrected chi connectivity index (χ4v) is 3.78. The summed E-state index contributed by atoms with van der Waals surface area (Å²) in [5.41, 5.74) is -0.274. The van der Waals surface area contributed by atoms with Gasteiger partial charge >= 0.3 is 5.97 Å². The van der Waals surface area contributed by atoms with E-state index in [-0.39, 0.29) is 17.3 Å². The number of rotatable bonds is 3. The first-order chi connectivity index (χ1) is 7.11. The molecular formula is C12H16O3. The summed E-state index contributed by atoms with van der Waals surface area (Å²) in [5.74, 6) is 0.207. The maximum absolute atomic E-state index is 11.9. The minimum Gasteiger partial charge on any atom is -0.432 e. The Morgan fingerprint density at radius 1 is 1.67 bits per heavy atom. The predicted octanol–water partition coefficient (Wildman–Crippen LogP) is 1.88. The lowest BCUT2D eigenvalue weighted by Gasteiger charge is -2.32. The second-order valence-corrected chi connectivity index (χ2v) is 5.28. The van der Waals surface area contributed by atoms with Crippen molar-refractivity contribution in [3.05, 3.63) is 12.7 Å². The summed E-state index contributed by atoms with van der Waals surface area (Å²) >= 11 is 0. The molecular weight excluding hydrogens is 192 g/mol. The summed E-state index contributed by atoms with van der Waals surface area (Å²) in [6, 6.07) is 0. The van der Waals surface area contributed by atoms with Crippen LogP contribution in [0, 0.1) is 17.3 Å². The molecule has 1 saturated heterocycles. The first-order valence-electron chi connectivity index (χ1n) is 5.59. The van der Waals surface area contributed by atoms with Gasteiger partial charge in [0.05, 0.1) is 12.0 Å². The van der Waals surface area contributed by atoms with E-state index in [1.807, 2.05) is 6.92 Å². The summed E-state index contributed by atoms with van der Waals surface area (Å²) in [4.78, 5) is 11.9. The van der Waals surface area contributed by atoms with E-state index in [2.05, 4.69) is 6.58 Å². The van der Waals surface area contributed by atoms with E-state index in [4.69, 9.17) is 9.47 Å². The highest BCUT2D eigenvalue weighted by Gasteiger charge is 2.72. The van der Waals surface area contributed by atoms with E-state index in [1.54, 1.807) is 6.08 Å². The molecule has 1 aliphatic heterocycles. The zero-order valence-corrected chi connectivity index (χ0v) is 8.99. The Labute approximate surface area is 89.4 Å². The number of esters is 1. The summed E-state index contributed by atoms with van der Waals surface area (Å²) in [7, 11) is 0. The molecule has 0 aromatic rings. The molecule has 2 saturated carbocycles. The van der Waals surface area contributed by atoms with Crippen LogP contribution in [0.25, 0.3) is 0 Å². The summed E-state index contributed by atoms with van der Waals surface area (Å²) < 4.78 is 11.3. The lowest BCUT2D eigenvalue weighted by Crippen LogP contribution is -2.40. The average Bonchev–Trinajstić information content (AvgIpc) is 2.72. The number of carbonyl (C=O) groups excluding carboxylic acids is 1. The molecule has 3 rings (SSSR count). The normalized spacial score (nSPS) is 50.9. The third-order valence-corrected chi connectivity index (χ3v) is 4.33. The Bertz CT molecular complexity index is 338. The van der Waals surface area contributed by atoms with Crippen LogP contribution in [0.15, 0.2) is 12.7 Å². The Hall–Kier alpha value is -0.830. The largest absolute Gasteiger partial charge is 0.432 e. The van der Waals surface area contributed by atoms with Crippen molar-refractivity contribution in [2.24, 2.45) is 17.3 Å². The third kappa shape index (κ3) is 0.969. The van der Waals surface area contributed by atoms with Gasteiger partial charge in [0.1, 0.15) is 0 Å². The highest BCUT2D eigenvalue weighted by Crippen LogP contribution is 2.66. The van der Waals surface area contributed by atoms with Crippen LogP contribution in [0.4, 0.5) is 0 Å².